The summed E-state index contributed by atoms with van der Waals surface area (Å²) in [6.07, 6.45) is 7.45. The number of anilines is 2. The highest BCUT2D eigenvalue weighted by molar-refractivity contribution is 6.00. The van der Waals surface area contributed by atoms with Crippen LogP contribution in [-0.4, -0.2) is 26.2 Å². The molecule has 1 saturated carbocycles. The van der Waals surface area contributed by atoms with Gasteiger partial charge >= 0.3 is 6.03 Å². The number of rotatable bonds is 3. The topological polar surface area (TPSA) is 98.5 Å². The van der Waals surface area contributed by atoms with Crippen LogP contribution in [0.4, 0.5) is 16.3 Å². The fourth-order valence-electron chi connectivity index (χ4n) is 2.37. The lowest BCUT2D eigenvalue weighted by molar-refractivity contribution is 0.262. The standard InChI is InChI=1S/C14H14N6O/c21-14(18-11-7-17-20-13(11)8-1-2-8)19-12-5-9-3-4-15-10(9)6-16-12/h3-8,15H,1-2H2,(H,17,20)(H2,16,18,19,21). The normalized spacial score (nSPS) is 14.3. The van der Waals surface area contributed by atoms with E-state index in [9.17, 15) is 4.79 Å². The summed E-state index contributed by atoms with van der Waals surface area (Å²) in [6, 6.07) is 3.44. The molecule has 3 heterocycles. The van der Waals surface area contributed by atoms with Gasteiger partial charge in [0.05, 0.1) is 29.3 Å². The molecule has 21 heavy (non-hydrogen) atoms. The van der Waals surface area contributed by atoms with Crippen molar-refractivity contribution >= 4 is 28.4 Å². The quantitative estimate of drug-likeness (QED) is 0.594. The average Bonchev–Trinajstić information content (AvgIpc) is 3.03. The maximum absolute atomic E-state index is 12.0. The van der Waals surface area contributed by atoms with E-state index < -0.39 is 0 Å². The SMILES string of the molecule is O=C(Nc1cc2cc[nH]c2cn1)Nc1cn[nH]c1C1CC1. The number of urea groups is 1. The van der Waals surface area contributed by atoms with E-state index in [0.29, 0.717) is 11.7 Å². The molecule has 0 atom stereocenters. The number of fused-ring (bicyclic) bond motifs is 1. The Kier molecular flexibility index (Phi) is 2.63. The summed E-state index contributed by atoms with van der Waals surface area (Å²) in [5.41, 5.74) is 2.67. The highest BCUT2D eigenvalue weighted by atomic mass is 16.2. The first-order chi connectivity index (χ1) is 10.3. The molecule has 4 rings (SSSR count). The molecule has 7 heteroatoms. The van der Waals surface area contributed by atoms with Crippen molar-refractivity contribution < 1.29 is 4.79 Å². The number of nitrogens with zero attached hydrogens (tertiary/aromatic N) is 2. The number of hydrogen-bond acceptors (Lipinski definition) is 3. The van der Waals surface area contributed by atoms with Crippen molar-refractivity contribution in [2.75, 3.05) is 10.6 Å². The molecule has 0 saturated heterocycles. The van der Waals surface area contributed by atoms with Gasteiger partial charge in [0.25, 0.3) is 0 Å². The van der Waals surface area contributed by atoms with Crippen molar-refractivity contribution in [3.63, 3.8) is 0 Å². The third-order valence-corrected chi connectivity index (χ3v) is 3.58. The Hall–Kier alpha value is -2.83. The molecule has 0 unspecified atom stereocenters. The van der Waals surface area contributed by atoms with Crippen LogP contribution in [0, 0.1) is 0 Å². The van der Waals surface area contributed by atoms with E-state index in [0.717, 1.165) is 35.1 Å². The minimum absolute atomic E-state index is 0.319. The summed E-state index contributed by atoms with van der Waals surface area (Å²) in [5.74, 6) is 1.01. The molecule has 1 aliphatic rings. The van der Waals surface area contributed by atoms with Gasteiger partial charge in [0.15, 0.2) is 0 Å². The summed E-state index contributed by atoms with van der Waals surface area (Å²) >= 11 is 0. The molecule has 3 aromatic heterocycles. The van der Waals surface area contributed by atoms with Crippen LogP contribution in [0.15, 0.2) is 30.7 Å². The summed E-state index contributed by atoms with van der Waals surface area (Å²) in [4.78, 5) is 19.3. The second-order valence-corrected chi connectivity index (χ2v) is 5.19. The second-order valence-electron chi connectivity index (χ2n) is 5.19. The molecule has 0 spiro atoms. The predicted molar refractivity (Wildman–Crippen MR) is 79.3 cm³/mol. The fourth-order valence-corrected chi connectivity index (χ4v) is 2.37. The number of aromatic amines is 2. The minimum Gasteiger partial charge on any atom is -0.360 e. The largest absolute Gasteiger partial charge is 0.360 e. The fraction of sp³-hybridized carbons (Fsp3) is 0.214. The Labute approximate surface area is 120 Å². The van der Waals surface area contributed by atoms with Crippen LogP contribution in [-0.2, 0) is 0 Å². The van der Waals surface area contributed by atoms with E-state index >= 15 is 0 Å². The second kappa shape index (κ2) is 4.62. The summed E-state index contributed by atoms with van der Waals surface area (Å²) in [6.45, 7) is 0. The molecule has 0 bridgehead atoms. The Morgan fingerprint density at radius 1 is 1.29 bits per heavy atom. The van der Waals surface area contributed by atoms with Crippen molar-refractivity contribution in [3.8, 4) is 0 Å². The monoisotopic (exact) mass is 282 g/mol. The minimum atomic E-state index is -0.319. The van der Waals surface area contributed by atoms with Gasteiger partial charge in [0.2, 0.25) is 0 Å². The molecule has 1 aliphatic carbocycles. The number of hydrogen-bond donors (Lipinski definition) is 4. The van der Waals surface area contributed by atoms with Crippen LogP contribution >= 0.6 is 0 Å². The third-order valence-electron chi connectivity index (χ3n) is 3.58. The first kappa shape index (κ1) is 12.0. The van der Waals surface area contributed by atoms with Crippen LogP contribution in [0.5, 0.6) is 0 Å². The average molecular weight is 282 g/mol. The van der Waals surface area contributed by atoms with E-state index in [-0.39, 0.29) is 6.03 Å². The molecule has 2 amide bonds. The van der Waals surface area contributed by atoms with E-state index in [4.69, 9.17) is 0 Å². The highest BCUT2D eigenvalue weighted by Crippen LogP contribution is 2.42. The van der Waals surface area contributed by atoms with Gasteiger partial charge < -0.3 is 10.3 Å². The lowest BCUT2D eigenvalue weighted by Gasteiger charge is -2.07. The van der Waals surface area contributed by atoms with Gasteiger partial charge in [0, 0.05) is 17.5 Å². The van der Waals surface area contributed by atoms with Gasteiger partial charge in [-0.3, -0.25) is 10.4 Å². The van der Waals surface area contributed by atoms with Gasteiger partial charge in [0.1, 0.15) is 5.82 Å². The first-order valence-electron chi connectivity index (χ1n) is 6.84. The van der Waals surface area contributed by atoms with Crippen LogP contribution in [0.2, 0.25) is 0 Å². The molecule has 106 valence electrons. The zero-order chi connectivity index (χ0) is 14.2. The molecule has 3 aromatic rings. The van der Waals surface area contributed by atoms with Gasteiger partial charge in [-0.25, -0.2) is 9.78 Å². The van der Waals surface area contributed by atoms with Gasteiger partial charge in [-0.1, -0.05) is 0 Å². The molecule has 7 nitrogen and oxygen atoms in total. The van der Waals surface area contributed by atoms with Crippen LogP contribution in [0.1, 0.15) is 24.5 Å². The third kappa shape index (κ3) is 2.33. The van der Waals surface area contributed by atoms with E-state index in [1.165, 1.54) is 0 Å². The molecule has 0 radical (unpaired) electrons. The van der Waals surface area contributed by atoms with E-state index in [1.807, 2.05) is 18.3 Å². The van der Waals surface area contributed by atoms with Crippen molar-refractivity contribution in [3.05, 3.63) is 36.4 Å². The number of aromatic nitrogens is 4. The maximum atomic E-state index is 12.0. The number of carbonyl (C=O) groups excluding carboxylic acids is 1. The molecule has 0 aromatic carbocycles. The van der Waals surface area contributed by atoms with Crippen molar-refractivity contribution in [1.29, 1.82) is 0 Å². The number of carbonyl (C=O) groups is 1. The van der Waals surface area contributed by atoms with Gasteiger partial charge in [-0.15, -0.1) is 0 Å². The summed E-state index contributed by atoms with van der Waals surface area (Å²) < 4.78 is 0. The molecule has 4 N–H and O–H groups in total. The van der Waals surface area contributed by atoms with Gasteiger partial charge in [-0.05, 0) is 25.0 Å². The molecule has 1 fully saturated rings. The molecular formula is C14H14N6O. The van der Waals surface area contributed by atoms with Crippen molar-refractivity contribution in [2.24, 2.45) is 0 Å². The van der Waals surface area contributed by atoms with Crippen LogP contribution < -0.4 is 10.6 Å². The number of nitrogens with one attached hydrogen (secondary N) is 4. The van der Waals surface area contributed by atoms with Crippen molar-refractivity contribution in [1.82, 2.24) is 20.2 Å². The number of H-pyrrole nitrogens is 2. The lowest BCUT2D eigenvalue weighted by atomic mass is 10.2. The Morgan fingerprint density at radius 2 is 2.19 bits per heavy atom. The van der Waals surface area contributed by atoms with Crippen molar-refractivity contribution in [2.45, 2.75) is 18.8 Å². The van der Waals surface area contributed by atoms with Crippen LogP contribution in [0.25, 0.3) is 10.9 Å². The number of amides is 2. The Bertz CT molecular complexity index is 801. The Balaban J connectivity index is 1.48. The smallest absolute Gasteiger partial charge is 0.324 e. The van der Waals surface area contributed by atoms with Gasteiger partial charge in [-0.2, -0.15) is 5.10 Å². The van der Waals surface area contributed by atoms with E-state index in [2.05, 4.69) is 30.8 Å². The predicted octanol–water partition coefficient (Wildman–Crippen LogP) is 2.81. The van der Waals surface area contributed by atoms with Crippen LogP contribution in [0.3, 0.4) is 0 Å². The maximum Gasteiger partial charge on any atom is 0.324 e. The number of pyridine rings is 1. The summed E-state index contributed by atoms with van der Waals surface area (Å²) in [5, 5.41) is 13.5. The lowest BCUT2D eigenvalue weighted by Crippen LogP contribution is -2.20. The molecular weight excluding hydrogens is 268 g/mol. The Morgan fingerprint density at radius 3 is 3.05 bits per heavy atom. The zero-order valence-corrected chi connectivity index (χ0v) is 11.2. The first-order valence-corrected chi connectivity index (χ1v) is 6.84. The zero-order valence-electron chi connectivity index (χ0n) is 11.2. The van der Waals surface area contributed by atoms with E-state index in [1.54, 1.807) is 12.4 Å². The summed E-state index contributed by atoms with van der Waals surface area (Å²) in [7, 11) is 0. The highest BCUT2D eigenvalue weighted by Gasteiger charge is 2.28. The molecule has 0 aliphatic heterocycles.